The summed E-state index contributed by atoms with van der Waals surface area (Å²) in [4.78, 5) is 24.0. The lowest BCUT2D eigenvalue weighted by Gasteiger charge is -2.23. The SMILES string of the molecule is Cc1ccc(-c2cc(C(=O)NC3CCc4n[nH]c(=O)cc4C3)[nH]n2)cc1. The molecule has 0 spiro atoms. The Morgan fingerprint density at radius 3 is 2.77 bits per heavy atom. The highest BCUT2D eigenvalue weighted by molar-refractivity contribution is 5.93. The zero-order valence-corrected chi connectivity index (χ0v) is 14.4. The van der Waals surface area contributed by atoms with Crippen molar-refractivity contribution in [2.75, 3.05) is 0 Å². The van der Waals surface area contributed by atoms with Crippen molar-refractivity contribution in [2.45, 2.75) is 32.2 Å². The molecule has 0 aliphatic heterocycles. The number of aromatic nitrogens is 4. The largest absolute Gasteiger partial charge is 0.348 e. The minimum atomic E-state index is -0.216. The minimum Gasteiger partial charge on any atom is -0.348 e. The average Bonchev–Trinajstić information content (AvgIpc) is 3.12. The normalized spacial score (nSPS) is 16.1. The molecular weight excluding hydrogens is 330 g/mol. The summed E-state index contributed by atoms with van der Waals surface area (Å²) in [5, 5.41) is 16.6. The quantitative estimate of drug-likeness (QED) is 0.670. The van der Waals surface area contributed by atoms with Crippen molar-refractivity contribution in [3.63, 3.8) is 0 Å². The Balaban J connectivity index is 1.46. The molecule has 4 rings (SSSR count). The van der Waals surface area contributed by atoms with Crippen molar-refractivity contribution in [3.8, 4) is 11.3 Å². The average molecular weight is 349 g/mol. The van der Waals surface area contributed by atoms with Gasteiger partial charge in [0.15, 0.2) is 0 Å². The molecule has 1 aliphatic carbocycles. The maximum absolute atomic E-state index is 12.5. The molecule has 0 fully saturated rings. The number of carbonyl (C=O) groups excluding carboxylic acids is 1. The first kappa shape index (κ1) is 16.3. The van der Waals surface area contributed by atoms with Crippen LogP contribution < -0.4 is 10.9 Å². The summed E-state index contributed by atoms with van der Waals surface area (Å²) in [5.41, 5.74) is 4.88. The second-order valence-electron chi connectivity index (χ2n) is 6.65. The fourth-order valence-corrected chi connectivity index (χ4v) is 3.24. The molecule has 7 heteroatoms. The molecule has 1 unspecified atom stereocenters. The van der Waals surface area contributed by atoms with Crippen LogP contribution in [0.5, 0.6) is 0 Å². The molecule has 0 radical (unpaired) electrons. The highest BCUT2D eigenvalue weighted by Gasteiger charge is 2.23. The molecule has 1 aromatic carbocycles. The maximum Gasteiger partial charge on any atom is 0.269 e. The number of H-pyrrole nitrogens is 2. The van der Waals surface area contributed by atoms with Crippen LogP contribution in [0.2, 0.25) is 0 Å². The van der Waals surface area contributed by atoms with Gasteiger partial charge in [0, 0.05) is 17.7 Å². The summed E-state index contributed by atoms with van der Waals surface area (Å²) < 4.78 is 0. The number of hydrogen-bond donors (Lipinski definition) is 3. The minimum absolute atomic E-state index is 0.0234. The fourth-order valence-electron chi connectivity index (χ4n) is 3.24. The van der Waals surface area contributed by atoms with E-state index in [2.05, 4.69) is 25.7 Å². The molecule has 3 aromatic rings. The van der Waals surface area contributed by atoms with Gasteiger partial charge in [0.1, 0.15) is 5.69 Å². The highest BCUT2D eigenvalue weighted by Crippen LogP contribution is 2.20. The van der Waals surface area contributed by atoms with Crippen molar-refractivity contribution in [2.24, 2.45) is 0 Å². The van der Waals surface area contributed by atoms with Gasteiger partial charge >= 0.3 is 0 Å². The molecule has 2 heterocycles. The second-order valence-corrected chi connectivity index (χ2v) is 6.65. The zero-order chi connectivity index (χ0) is 18.1. The first-order valence-corrected chi connectivity index (χ1v) is 8.59. The van der Waals surface area contributed by atoms with Crippen LogP contribution in [-0.2, 0) is 12.8 Å². The molecule has 2 aromatic heterocycles. The Kier molecular flexibility index (Phi) is 4.12. The van der Waals surface area contributed by atoms with E-state index in [0.717, 1.165) is 35.4 Å². The van der Waals surface area contributed by atoms with Crippen LogP contribution >= 0.6 is 0 Å². The van der Waals surface area contributed by atoms with Crippen LogP contribution in [0.4, 0.5) is 0 Å². The van der Waals surface area contributed by atoms with Crippen LogP contribution in [0.15, 0.2) is 41.2 Å². The number of rotatable bonds is 3. The fraction of sp³-hybridized carbons (Fsp3) is 0.263. The predicted molar refractivity (Wildman–Crippen MR) is 96.9 cm³/mol. The number of carbonyl (C=O) groups is 1. The third-order valence-electron chi connectivity index (χ3n) is 4.68. The zero-order valence-electron chi connectivity index (χ0n) is 14.4. The van der Waals surface area contributed by atoms with E-state index in [1.54, 1.807) is 12.1 Å². The van der Waals surface area contributed by atoms with Gasteiger partial charge in [0.05, 0.1) is 11.4 Å². The Hall–Kier alpha value is -3.22. The van der Waals surface area contributed by atoms with Gasteiger partial charge in [-0.1, -0.05) is 29.8 Å². The molecule has 1 aliphatic rings. The van der Waals surface area contributed by atoms with E-state index < -0.39 is 0 Å². The van der Waals surface area contributed by atoms with Gasteiger partial charge in [-0.15, -0.1) is 0 Å². The number of aryl methyl sites for hydroxylation is 2. The van der Waals surface area contributed by atoms with E-state index in [-0.39, 0.29) is 17.5 Å². The summed E-state index contributed by atoms with van der Waals surface area (Å²) in [6.07, 6.45) is 2.13. The van der Waals surface area contributed by atoms with Gasteiger partial charge in [0.2, 0.25) is 0 Å². The monoisotopic (exact) mass is 349 g/mol. The van der Waals surface area contributed by atoms with Gasteiger partial charge in [-0.25, -0.2) is 5.10 Å². The summed E-state index contributed by atoms with van der Waals surface area (Å²) in [6, 6.07) is 11.3. The molecule has 3 N–H and O–H groups in total. The van der Waals surface area contributed by atoms with Crippen LogP contribution in [0, 0.1) is 6.92 Å². The van der Waals surface area contributed by atoms with Crippen molar-refractivity contribution < 1.29 is 4.79 Å². The lowest BCUT2D eigenvalue weighted by atomic mass is 9.92. The van der Waals surface area contributed by atoms with Crippen LogP contribution in [0.25, 0.3) is 11.3 Å². The van der Waals surface area contributed by atoms with Gasteiger partial charge in [-0.3, -0.25) is 14.7 Å². The molecule has 1 atom stereocenters. The van der Waals surface area contributed by atoms with E-state index in [1.807, 2.05) is 31.2 Å². The molecule has 1 amide bonds. The van der Waals surface area contributed by atoms with Crippen molar-refractivity contribution in [1.82, 2.24) is 25.7 Å². The van der Waals surface area contributed by atoms with Gasteiger partial charge < -0.3 is 5.32 Å². The molecule has 0 saturated heterocycles. The Morgan fingerprint density at radius 1 is 1.15 bits per heavy atom. The number of fused-ring (bicyclic) bond motifs is 1. The van der Waals surface area contributed by atoms with E-state index in [0.29, 0.717) is 12.1 Å². The lowest BCUT2D eigenvalue weighted by molar-refractivity contribution is 0.0928. The van der Waals surface area contributed by atoms with E-state index >= 15 is 0 Å². The van der Waals surface area contributed by atoms with Crippen LogP contribution in [0.3, 0.4) is 0 Å². The standard InChI is InChI=1S/C19H19N5O2/c1-11-2-4-12(5-3-11)16-10-17(23-22-16)19(26)20-14-6-7-15-13(8-14)9-18(25)24-21-15/h2-5,9-10,14H,6-8H2,1H3,(H,20,26)(H,22,23)(H,24,25). The first-order valence-electron chi connectivity index (χ1n) is 8.59. The van der Waals surface area contributed by atoms with Crippen molar-refractivity contribution >= 4 is 5.91 Å². The number of hydrogen-bond acceptors (Lipinski definition) is 4. The Bertz CT molecular complexity index is 1000. The first-order chi connectivity index (χ1) is 12.6. The van der Waals surface area contributed by atoms with Gasteiger partial charge in [-0.05, 0) is 37.8 Å². The second kappa shape index (κ2) is 6.59. The third-order valence-corrected chi connectivity index (χ3v) is 4.68. The number of benzene rings is 1. The number of nitrogens with one attached hydrogen (secondary N) is 3. The van der Waals surface area contributed by atoms with Crippen molar-refractivity contribution in [3.05, 3.63) is 69.3 Å². The van der Waals surface area contributed by atoms with E-state index in [1.165, 1.54) is 5.56 Å². The maximum atomic E-state index is 12.5. The Morgan fingerprint density at radius 2 is 1.96 bits per heavy atom. The molecular formula is C19H19N5O2. The predicted octanol–water partition coefficient (Wildman–Crippen LogP) is 1.76. The smallest absolute Gasteiger partial charge is 0.269 e. The van der Waals surface area contributed by atoms with Gasteiger partial charge in [-0.2, -0.15) is 10.2 Å². The summed E-state index contributed by atoms with van der Waals surface area (Å²) in [7, 11) is 0. The van der Waals surface area contributed by atoms with E-state index in [9.17, 15) is 9.59 Å². The molecule has 0 bridgehead atoms. The number of aromatic amines is 2. The number of amides is 1. The Labute approximate surface area is 149 Å². The van der Waals surface area contributed by atoms with Crippen LogP contribution in [0.1, 0.15) is 33.7 Å². The van der Waals surface area contributed by atoms with E-state index in [4.69, 9.17) is 0 Å². The van der Waals surface area contributed by atoms with Gasteiger partial charge in [0.25, 0.3) is 11.5 Å². The number of nitrogens with zero attached hydrogens (tertiary/aromatic N) is 2. The third kappa shape index (κ3) is 3.28. The molecule has 7 nitrogen and oxygen atoms in total. The van der Waals surface area contributed by atoms with Crippen molar-refractivity contribution in [1.29, 1.82) is 0 Å². The van der Waals surface area contributed by atoms with Crippen LogP contribution in [-0.4, -0.2) is 32.3 Å². The highest BCUT2D eigenvalue weighted by atomic mass is 16.2. The molecule has 132 valence electrons. The summed E-state index contributed by atoms with van der Waals surface area (Å²) >= 11 is 0. The summed E-state index contributed by atoms with van der Waals surface area (Å²) in [6.45, 7) is 2.03. The topological polar surface area (TPSA) is 104 Å². The lowest BCUT2D eigenvalue weighted by Crippen LogP contribution is -2.39. The molecule has 26 heavy (non-hydrogen) atoms. The molecule has 0 saturated carbocycles. The summed E-state index contributed by atoms with van der Waals surface area (Å²) in [5.74, 6) is -0.192.